The first-order chi connectivity index (χ1) is 9.45. The maximum atomic E-state index is 12.7. The van der Waals surface area contributed by atoms with Gasteiger partial charge in [0.2, 0.25) is 5.91 Å². The minimum absolute atomic E-state index is 0.0582. The summed E-state index contributed by atoms with van der Waals surface area (Å²) in [5.41, 5.74) is 1.56. The minimum atomic E-state index is -0.507. The monoisotopic (exact) mass is 275 g/mol. The van der Waals surface area contributed by atoms with E-state index in [9.17, 15) is 9.59 Å². The molecule has 1 aromatic heterocycles. The molecule has 2 heterocycles. The molecule has 0 aromatic carbocycles. The lowest BCUT2D eigenvalue weighted by molar-refractivity contribution is -0.134. The number of carbonyl (C=O) groups is 2. The first kappa shape index (κ1) is 14.5. The Bertz CT molecular complexity index is 512. The number of aryl methyl sites for hydroxylation is 1. The SMILES string of the molecule is CCC(C)C1NC(=O)C(C)N(c2ccc(C)nc2)C1=O. The largest absolute Gasteiger partial charge is 0.342 e. The molecule has 1 aromatic rings. The number of aromatic nitrogens is 1. The van der Waals surface area contributed by atoms with E-state index in [2.05, 4.69) is 10.3 Å². The van der Waals surface area contributed by atoms with Crippen LogP contribution in [0.1, 0.15) is 32.9 Å². The fourth-order valence-corrected chi connectivity index (χ4v) is 2.37. The molecular weight excluding hydrogens is 254 g/mol. The van der Waals surface area contributed by atoms with Crippen molar-refractivity contribution in [3.05, 3.63) is 24.0 Å². The van der Waals surface area contributed by atoms with Crippen LogP contribution in [-0.4, -0.2) is 28.9 Å². The summed E-state index contributed by atoms with van der Waals surface area (Å²) in [4.78, 5) is 30.5. The highest BCUT2D eigenvalue weighted by molar-refractivity contribution is 6.08. The number of amides is 2. The fraction of sp³-hybridized carbons (Fsp3) is 0.533. The molecule has 20 heavy (non-hydrogen) atoms. The van der Waals surface area contributed by atoms with Gasteiger partial charge < -0.3 is 5.32 Å². The third kappa shape index (κ3) is 2.53. The molecule has 0 bridgehead atoms. The van der Waals surface area contributed by atoms with E-state index in [-0.39, 0.29) is 17.7 Å². The van der Waals surface area contributed by atoms with Gasteiger partial charge in [-0.05, 0) is 31.9 Å². The first-order valence-corrected chi connectivity index (χ1v) is 7.01. The van der Waals surface area contributed by atoms with Gasteiger partial charge in [-0.2, -0.15) is 0 Å². The molecule has 0 aliphatic carbocycles. The van der Waals surface area contributed by atoms with E-state index in [1.54, 1.807) is 18.0 Å². The number of hydrogen-bond acceptors (Lipinski definition) is 3. The first-order valence-electron chi connectivity index (χ1n) is 7.01. The van der Waals surface area contributed by atoms with Crippen LogP contribution < -0.4 is 10.2 Å². The van der Waals surface area contributed by atoms with Crippen LogP contribution in [-0.2, 0) is 9.59 Å². The molecule has 1 N–H and O–H groups in total. The van der Waals surface area contributed by atoms with Gasteiger partial charge in [-0.15, -0.1) is 0 Å². The number of piperazine rings is 1. The number of hydrogen-bond donors (Lipinski definition) is 1. The average Bonchev–Trinajstić information content (AvgIpc) is 2.44. The van der Waals surface area contributed by atoms with Gasteiger partial charge in [-0.3, -0.25) is 19.5 Å². The van der Waals surface area contributed by atoms with Crippen LogP contribution >= 0.6 is 0 Å². The second-order valence-electron chi connectivity index (χ2n) is 5.41. The van der Waals surface area contributed by atoms with Crippen molar-refractivity contribution in [1.29, 1.82) is 0 Å². The Kier molecular flexibility index (Phi) is 4.06. The van der Waals surface area contributed by atoms with Crippen LogP contribution in [0.3, 0.4) is 0 Å². The molecule has 5 heteroatoms. The summed E-state index contributed by atoms with van der Waals surface area (Å²) in [6, 6.07) is 2.72. The highest BCUT2D eigenvalue weighted by atomic mass is 16.2. The minimum Gasteiger partial charge on any atom is -0.342 e. The Morgan fingerprint density at radius 3 is 2.65 bits per heavy atom. The van der Waals surface area contributed by atoms with Gasteiger partial charge in [0.25, 0.3) is 5.91 Å². The maximum absolute atomic E-state index is 12.7. The van der Waals surface area contributed by atoms with E-state index >= 15 is 0 Å². The maximum Gasteiger partial charge on any atom is 0.250 e. The van der Waals surface area contributed by atoms with Gasteiger partial charge in [0.15, 0.2) is 0 Å². The summed E-state index contributed by atoms with van der Waals surface area (Å²) in [5, 5.41) is 2.83. The molecular formula is C15H21N3O2. The van der Waals surface area contributed by atoms with Crippen molar-refractivity contribution >= 4 is 17.5 Å². The Hall–Kier alpha value is -1.91. The highest BCUT2D eigenvalue weighted by Crippen LogP contribution is 2.24. The van der Waals surface area contributed by atoms with E-state index < -0.39 is 12.1 Å². The Balaban J connectivity index is 2.35. The van der Waals surface area contributed by atoms with Gasteiger partial charge in [0.05, 0.1) is 11.9 Å². The second-order valence-corrected chi connectivity index (χ2v) is 5.41. The summed E-state index contributed by atoms with van der Waals surface area (Å²) in [6.45, 7) is 7.62. The van der Waals surface area contributed by atoms with Gasteiger partial charge in [0, 0.05) is 5.69 Å². The Labute approximate surface area is 119 Å². The lowest BCUT2D eigenvalue weighted by Gasteiger charge is -2.39. The van der Waals surface area contributed by atoms with Gasteiger partial charge in [-0.25, -0.2) is 0 Å². The predicted octanol–water partition coefficient (Wildman–Crippen LogP) is 1.66. The summed E-state index contributed by atoms with van der Waals surface area (Å²) >= 11 is 0. The van der Waals surface area contributed by atoms with Gasteiger partial charge in [-0.1, -0.05) is 20.3 Å². The molecule has 0 spiro atoms. The van der Waals surface area contributed by atoms with E-state index in [4.69, 9.17) is 0 Å². The van der Waals surface area contributed by atoms with E-state index in [0.29, 0.717) is 5.69 Å². The molecule has 0 radical (unpaired) electrons. The summed E-state index contributed by atoms with van der Waals surface area (Å²) in [5.74, 6) is -0.0626. The smallest absolute Gasteiger partial charge is 0.250 e. The third-order valence-corrected chi connectivity index (χ3v) is 3.95. The quantitative estimate of drug-likeness (QED) is 0.912. The topological polar surface area (TPSA) is 62.3 Å². The number of carbonyl (C=O) groups excluding carboxylic acids is 2. The van der Waals surface area contributed by atoms with Crippen molar-refractivity contribution in [3.63, 3.8) is 0 Å². The van der Waals surface area contributed by atoms with Gasteiger partial charge >= 0.3 is 0 Å². The van der Waals surface area contributed by atoms with E-state index in [0.717, 1.165) is 12.1 Å². The number of nitrogens with one attached hydrogen (secondary N) is 1. The van der Waals surface area contributed by atoms with Crippen LogP contribution in [0, 0.1) is 12.8 Å². The highest BCUT2D eigenvalue weighted by Gasteiger charge is 2.40. The predicted molar refractivity (Wildman–Crippen MR) is 77.3 cm³/mol. The van der Waals surface area contributed by atoms with Crippen molar-refractivity contribution in [2.24, 2.45) is 5.92 Å². The molecule has 1 saturated heterocycles. The fourth-order valence-electron chi connectivity index (χ4n) is 2.37. The summed E-state index contributed by atoms with van der Waals surface area (Å²) in [6.07, 6.45) is 2.49. The zero-order chi connectivity index (χ0) is 14.9. The van der Waals surface area contributed by atoms with E-state index in [1.165, 1.54) is 0 Å². The summed E-state index contributed by atoms with van der Waals surface area (Å²) in [7, 11) is 0. The third-order valence-electron chi connectivity index (χ3n) is 3.95. The Morgan fingerprint density at radius 2 is 2.10 bits per heavy atom. The lowest BCUT2D eigenvalue weighted by Crippen LogP contribution is -2.64. The van der Waals surface area contributed by atoms with Crippen LogP contribution in [0.4, 0.5) is 5.69 Å². The molecule has 0 saturated carbocycles. The van der Waals surface area contributed by atoms with Crippen molar-refractivity contribution < 1.29 is 9.59 Å². The standard InChI is InChI=1S/C15H21N3O2/c1-5-9(2)13-15(20)18(11(4)14(19)17-13)12-7-6-10(3)16-8-12/h6-9,11,13H,5H2,1-4H3,(H,17,19). The molecule has 5 nitrogen and oxygen atoms in total. The second kappa shape index (κ2) is 5.61. The van der Waals surface area contributed by atoms with Crippen LogP contribution in [0.25, 0.3) is 0 Å². The van der Waals surface area contributed by atoms with E-state index in [1.807, 2.05) is 32.9 Å². The molecule has 3 atom stereocenters. The number of anilines is 1. The lowest BCUT2D eigenvalue weighted by atomic mass is 9.94. The number of pyridine rings is 1. The van der Waals surface area contributed by atoms with Crippen LogP contribution in [0.2, 0.25) is 0 Å². The number of nitrogens with zero attached hydrogens (tertiary/aromatic N) is 2. The number of rotatable bonds is 3. The molecule has 108 valence electrons. The zero-order valence-corrected chi connectivity index (χ0v) is 12.4. The molecule has 2 rings (SSSR count). The molecule has 2 amide bonds. The van der Waals surface area contributed by atoms with Crippen molar-refractivity contribution in [1.82, 2.24) is 10.3 Å². The Morgan fingerprint density at radius 1 is 1.40 bits per heavy atom. The van der Waals surface area contributed by atoms with Gasteiger partial charge in [0.1, 0.15) is 12.1 Å². The van der Waals surface area contributed by atoms with Crippen molar-refractivity contribution in [3.8, 4) is 0 Å². The zero-order valence-electron chi connectivity index (χ0n) is 12.4. The molecule has 1 fully saturated rings. The average molecular weight is 275 g/mol. The molecule has 1 aliphatic heterocycles. The molecule has 1 aliphatic rings. The van der Waals surface area contributed by atoms with Crippen LogP contribution in [0.5, 0.6) is 0 Å². The van der Waals surface area contributed by atoms with Crippen molar-refractivity contribution in [2.75, 3.05) is 4.90 Å². The molecule has 3 unspecified atom stereocenters. The normalized spacial score (nSPS) is 24.5. The van der Waals surface area contributed by atoms with Crippen molar-refractivity contribution in [2.45, 2.75) is 46.2 Å². The van der Waals surface area contributed by atoms with Crippen LogP contribution in [0.15, 0.2) is 18.3 Å². The summed E-state index contributed by atoms with van der Waals surface area (Å²) < 4.78 is 0.